The number of halogens is 3. The molecule has 1 spiro atoms. The maximum absolute atomic E-state index is 10.6. The summed E-state index contributed by atoms with van der Waals surface area (Å²) in [6.45, 7) is 4.05. The zero-order valence-corrected chi connectivity index (χ0v) is 15.3. The van der Waals surface area contributed by atoms with Crippen molar-refractivity contribution in [3.05, 3.63) is 23.8 Å². The van der Waals surface area contributed by atoms with Crippen LogP contribution >= 0.6 is 0 Å². The number of hydrogen-bond acceptors (Lipinski definition) is 6. The van der Waals surface area contributed by atoms with E-state index in [1.165, 1.54) is 5.56 Å². The first-order chi connectivity index (χ1) is 13.2. The molecule has 4 rings (SSSR count). The number of ether oxygens (including phenoxy) is 4. The Hall–Kier alpha value is -2.04. The summed E-state index contributed by atoms with van der Waals surface area (Å²) in [5.74, 6) is -1.05. The first kappa shape index (κ1) is 20.7. The highest BCUT2D eigenvalue weighted by Gasteiger charge is 2.47. The third-order valence-corrected chi connectivity index (χ3v) is 4.89. The van der Waals surface area contributed by atoms with Crippen LogP contribution in [0.15, 0.2) is 18.2 Å². The van der Waals surface area contributed by atoms with Gasteiger partial charge in [-0.3, -0.25) is 4.90 Å². The van der Waals surface area contributed by atoms with Crippen LogP contribution < -0.4 is 9.47 Å². The van der Waals surface area contributed by atoms with E-state index in [9.17, 15) is 13.2 Å². The van der Waals surface area contributed by atoms with E-state index >= 15 is 0 Å². The normalized spacial score (nSPS) is 22.9. The molecule has 3 heterocycles. The third kappa shape index (κ3) is 4.86. The molecule has 0 bridgehead atoms. The molecule has 2 fully saturated rings. The fourth-order valence-electron chi connectivity index (χ4n) is 3.58. The van der Waals surface area contributed by atoms with Crippen LogP contribution in [0.25, 0.3) is 0 Å². The number of carboxylic acid groups (broad SMARTS) is 1. The van der Waals surface area contributed by atoms with E-state index in [-0.39, 0.29) is 5.60 Å². The first-order valence-electron chi connectivity index (χ1n) is 8.78. The standard InChI is InChI=1S/C16H21NO4.C2HF3O2/c1-18-13-4-5-21-16(7-13)9-17(10-16)8-12-2-3-14-15(6-12)20-11-19-14;3-2(4,5)1(6)7/h2-3,6,13H,4-5,7-11H2,1H3;(H,6,7). The summed E-state index contributed by atoms with van der Waals surface area (Å²) in [5.41, 5.74) is 1.28. The van der Waals surface area contributed by atoms with E-state index in [0.29, 0.717) is 12.9 Å². The van der Waals surface area contributed by atoms with Gasteiger partial charge in [0.05, 0.1) is 11.7 Å². The minimum atomic E-state index is -5.08. The Balaban J connectivity index is 0.000000279. The van der Waals surface area contributed by atoms with Gasteiger partial charge in [-0.2, -0.15) is 13.2 Å². The Kier molecular flexibility index (Phi) is 6.01. The average molecular weight is 405 g/mol. The molecule has 3 aliphatic heterocycles. The Bertz CT molecular complexity index is 705. The van der Waals surface area contributed by atoms with Crippen molar-refractivity contribution in [2.45, 2.75) is 37.3 Å². The molecule has 1 N–H and O–H groups in total. The molecule has 3 aliphatic rings. The predicted molar refractivity (Wildman–Crippen MR) is 90.2 cm³/mol. The number of benzene rings is 1. The Morgan fingerprint density at radius 2 is 2.00 bits per heavy atom. The van der Waals surface area contributed by atoms with E-state index in [1.807, 2.05) is 6.07 Å². The smallest absolute Gasteiger partial charge is 0.475 e. The van der Waals surface area contributed by atoms with Gasteiger partial charge in [0.1, 0.15) is 0 Å². The minimum Gasteiger partial charge on any atom is -0.475 e. The van der Waals surface area contributed by atoms with Crippen LogP contribution in [-0.2, 0) is 20.8 Å². The van der Waals surface area contributed by atoms with Crippen LogP contribution in [0.2, 0.25) is 0 Å². The third-order valence-electron chi connectivity index (χ3n) is 4.89. The number of methoxy groups -OCH3 is 1. The summed E-state index contributed by atoms with van der Waals surface area (Å²) in [7, 11) is 1.80. The van der Waals surface area contributed by atoms with Gasteiger partial charge in [-0.05, 0) is 24.1 Å². The van der Waals surface area contributed by atoms with Gasteiger partial charge in [0, 0.05) is 39.8 Å². The van der Waals surface area contributed by atoms with Crippen molar-refractivity contribution in [2.24, 2.45) is 0 Å². The van der Waals surface area contributed by atoms with Gasteiger partial charge in [-0.1, -0.05) is 6.07 Å². The van der Waals surface area contributed by atoms with Crippen molar-refractivity contribution >= 4 is 5.97 Å². The average Bonchev–Trinajstić information content (AvgIpc) is 3.08. The lowest BCUT2D eigenvalue weighted by Crippen LogP contribution is -2.65. The molecule has 0 saturated carbocycles. The topological polar surface area (TPSA) is 77.5 Å². The number of aliphatic carboxylic acids is 1. The van der Waals surface area contributed by atoms with Crippen LogP contribution in [-0.4, -0.2) is 67.5 Å². The molecular weight excluding hydrogens is 383 g/mol. The van der Waals surface area contributed by atoms with Crippen molar-refractivity contribution < 1.29 is 42.0 Å². The number of carbonyl (C=O) groups is 1. The molecule has 2 saturated heterocycles. The molecule has 1 aromatic rings. The zero-order chi connectivity index (χ0) is 20.4. The minimum absolute atomic E-state index is 0.0231. The van der Waals surface area contributed by atoms with Crippen LogP contribution in [0.1, 0.15) is 18.4 Å². The molecule has 0 aromatic heterocycles. The van der Waals surface area contributed by atoms with Crippen LogP contribution in [0.3, 0.4) is 0 Å². The monoisotopic (exact) mass is 405 g/mol. The summed E-state index contributed by atoms with van der Waals surface area (Å²) in [6, 6.07) is 6.18. The Morgan fingerprint density at radius 1 is 1.32 bits per heavy atom. The second kappa shape index (κ2) is 8.14. The Morgan fingerprint density at radius 3 is 2.64 bits per heavy atom. The largest absolute Gasteiger partial charge is 0.490 e. The van der Waals surface area contributed by atoms with Crippen molar-refractivity contribution in [3.63, 3.8) is 0 Å². The number of likely N-dealkylation sites (tertiary alicyclic amines) is 1. The van der Waals surface area contributed by atoms with Crippen LogP contribution in [0.4, 0.5) is 13.2 Å². The predicted octanol–water partition coefficient (Wildman–Crippen LogP) is 2.43. The van der Waals surface area contributed by atoms with Crippen LogP contribution in [0, 0.1) is 0 Å². The molecule has 0 aliphatic carbocycles. The van der Waals surface area contributed by atoms with Gasteiger partial charge in [-0.15, -0.1) is 0 Å². The van der Waals surface area contributed by atoms with Crippen molar-refractivity contribution in [1.29, 1.82) is 0 Å². The lowest BCUT2D eigenvalue weighted by atomic mass is 9.84. The summed E-state index contributed by atoms with van der Waals surface area (Å²) in [6.07, 6.45) is -2.70. The van der Waals surface area contributed by atoms with E-state index in [1.54, 1.807) is 7.11 Å². The second-order valence-corrected chi connectivity index (χ2v) is 7.02. The summed E-state index contributed by atoms with van der Waals surface area (Å²) in [4.78, 5) is 11.3. The van der Waals surface area contributed by atoms with Crippen molar-refractivity contribution in [3.8, 4) is 11.5 Å². The number of rotatable bonds is 3. The van der Waals surface area contributed by atoms with E-state index in [4.69, 9.17) is 28.8 Å². The molecule has 1 aromatic carbocycles. The molecule has 28 heavy (non-hydrogen) atoms. The molecule has 7 nitrogen and oxygen atoms in total. The number of carboxylic acids is 1. The van der Waals surface area contributed by atoms with Gasteiger partial charge < -0.3 is 24.1 Å². The fourth-order valence-corrected chi connectivity index (χ4v) is 3.58. The molecule has 1 unspecified atom stereocenters. The first-order valence-corrected chi connectivity index (χ1v) is 8.78. The molecule has 1 atom stereocenters. The van der Waals surface area contributed by atoms with Crippen molar-refractivity contribution in [2.75, 3.05) is 33.6 Å². The highest BCUT2D eigenvalue weighted by molar-refractivity contribution is 5.73. The highest BCUT2D eigenvalue weighted by Crippen LogP contribution is 2.37. The van der Waals surface area contributed by atoms with E-state index in [2.05, 4.69) is 17.0 Å². The quantitative estimate of drug-likeness (QED) is 0.828. The number of alkyl halides is 3. The van der Waals surface area contributed by atoms with E-state index in [0.717, 1.165) is 50.6 Å². The second-order valence-electron chi connectivity index (χ2n) is 7.02. The van der Waals surface area contributed by atoms with Crippen LogP contribution in [0.5, 0.6) is 11.5 Å². The summed E-state index contributed by atoms with van der Waals surface area (Å²) >= 11 is 0. The number of fused-ring (bicyclic) bond motifs is 1. The lowest BCUT2D eigenvalue weighted by Gasteiger charge is -2.53. The van der Waals surface area contributed by atoms with Gasteiger partial charge in [0.2, 0.25) is 6.79 Å². The fraction of sp³-hybridized carbons (Fsp3) is 0.611. The Labute approximate surface area is 159 Å². The summed E-state index contributed by atoms with van der Waals surface area (Å²) < 4.78 is 54.0. The highest BCUT2D eigenvalue weighted by atomic mass is 19.4. The molecular formula is C18H22F3NO6. The molecule has 0 radical (unpaired) electrons. The van der Waals surface area contributed by atoms with Crippen molar-refractivity contribution in [1.82, 2.24) is 4.90 Å². The zero-order valence-electron chi connectivity index (χ0n) is 15.3. The maximum Gasteiger partial charge on any atom is 0.490 e. The maximum atomic E-state index is 10.6. The van der Waals surface area contributed by atoms with Gasteiger partial charge in [0.25, 0.3) is 0 Å². The van der Waals surface area contributed by atoms with E-state index < -0.39 is 12.1 Å². The molecule has 156 valence electrons. The SMILES string of the molecule is COC1CCOC2(C1)CN(Cc1ccc3c(c1)OCO3)C2.O=C(O)C(F)(F)F. The van der Waals surface area contributed by atoms with Gasteiger partial charge in [-0.25, -0.2) is 4.79 Å². The molecule has 10 heteroatoms. The summed E-state index contributed by atoms with van der Waals surface area (Å²) in [5, 5.41) is 7.12. The number of hydrogen-bond donors (Lipinski definition) is 1. The number of nitrogens with zero attached hydrogens (tertiary/aromatic N) is 1. The van der Waals surface area contributed by atoms with Gasteiger partial charge >= 0.3 is 12.1 Å². The molecule has 0 amide bonds. The lowest BCUT2D eigenvalue weighted by molar-refractivity contribution is -0.195. The van der Waals surface area contributed by atoms with Gasteiger partial charge in [0.15, 0.2) is 11.5 Å².